The summed E-state index contributed by atoms with van der Waals surface area (Å²) in [6.07, 6.45) is 4.55. The number of aromatic nitrogens is 2. The van der Waals surface area contributed by atoms with Gasteiger partial charge in [0.05, 0.1) is 5.52 Å². The van der Waals surface area contributed by atoms with Crippen molar-refractivity contribution < 1.29 is 5.11 Å². The van der Waals surface area contributed by atoms with Gasteiger partial charge in [0.2, 0.25) is 5.95 Å². The first-order chi connectivity index (χ1) is 16.6. The average Bonchev–Trinajstić information content (AvgIpc) is 2.86. The van der Waals surface area contributed by atoms with E-state index in [1.54, 1.807) is 6.07 Å². The summed E-state index contributed by atoms with van der Waals surface area (Å²) in [5.41, 5.74) is 1.96. The number of fused-ring (bicyclic) bond motifs is 2. The summed E-state index contributed by atoms with van der Waals surface area (Å²) in [5.74, 6) is 2.68. The van der Waals surface area contributed by atoms with E-state index in [0.29, 0.717) is 24.3 Å². The molecule has 1 aliphatic rings. The SMILES string of the molecule is CN(C)c1nc(NC2CCC(CNCc3c(O)ccc4ccccc34)CC2)nc2ccccc12. The maximum atomic E-state index is 10.4. The van der Waals surface area contributed by atoms with Crippen LogP contribution in [0.5, 0.6) is 5.75 Å². The largest absolute Gasteiger partial charge is 0.508 e. The van der Waals surface area contributed by atoms with Crippen LogP contribution in [0.4, 0.5) is 11.8 Å². The van der Waals surface area contributed by atoms with Crippen LogP contribution in [0.15, 0.2) is 60.7 Å². The number of benzene rings is 3. The minimum absolute atomic E-state index is 0.367. The molecule has 4 aromatic rings. The molecule has 1 aliphatic carbocycles. The quantitative estimate of drug-likeness (QED) is 0.350. The van der Waals surface area contributed by atoms with E-state index in [9.17, 15) is 5.11 Å². The number of aromatic hydroxyl groups is 1. The Balaban J connectivity index is 1.16. The zero-order chi connectivity index (χ0) is 23.5. The number of rotatable bonds is 7. The number of nitrogens with zero attached hydrogens (tertiary/aromatic N) is 3. The van der Waals surface area contributed by atoms with E-state index < -0.39 is 0 Å². The van der Waals surface area contributed by atoms with Crippen molar-refractivity contribution in [3.63, 3.8) is 0 Å². The molecular formula is C28H33N5O. The van der Waals surface area contributed by atoms with Crippen LogP contribution >= 0.6 is 0 Å². The van der Waals surface area contributed by atoms with Crippen molar-refractivity contribution in [2.75, 3.05) is 30.9 Å². The van der Waals surface area contributed by atoms with Gasteiger partial charge >= 0.3 is 0 Å². The highest BCUT2D eigenvalue weighted by Crippen LogP contribution is 2.29. The lowest BCUT2D eigenvalue weighted by Gasteiger charge is -2.29. The first-order valence-corrected chi connectivity index (χ1v) is 12.2. The Morgan fingerprint density at radius 3 is 2.41 bits per heavy atom. The maximum absolute atomic E-state index is 10.4. The molecule has 1 saturated carbocycles. The summed E-state index contributed by atoms with van der Waals surface area (Å²) in [4.78, 5) is 11.6. The number of anilines is 2. The summed E-state index contributed by atoms with van der Waals surface area (Å²) < 4.78 is 0. The molecule has 1 fully saturated rings. The molecule has 5 rings (SSSR count). The summed E-state index contributed by atoms with van der Waals surface area (Å²) >= 11 is 0. The van der Waals surface area contributed by atoms with Gasteiger partial charge in [0.1, 0.15) is 11.6 Å². The fourth-order valence-electron chi connectivity index (χ4n) is 5.07. The molecule has 0 bridgehead atoms. The van der Waals surface area contributed by atoms with Crippen LogP contribution in [0.25, 0.3) is 21.7 Å². The van der Waals surface area contributed by atoms with Crippen LogP contribution in [0.3, 0.4) is 0 Å². The molecule has 0 aliphatic heterocycles. The first-order valence-electron chi connectivity index (χ1n) is 12.2. The van der Waals surface area contributed by atoms with E-state index in [1.807, 2.05) is 55.4 Å². The molecule has 0 unspecified atom stereocenters. The Morgan fingerprint density at radius 2 is 1.62 bits per heavy atom. The van der Waals surface area contributed by atoms with E-state index in [1.165, 1.54) is 12.8 Å². The molecule has 0 spiro atoms. The predicted octanol–water partition coefficient (Wildman–Crippen LogP) is 5.32. The van der Waals surface area contributed by atoms with Crippen LogP contribution in [0, 0.1) is 5.92 Å². The fraction of sp³-hybridized carbons (Fsp3) is 0.357. The lowest BCUT2D eigenvalue weighted by molar-refractivity contribution is 0.323. The fourth-order valence-corrected chi connectivity index (χ4v) is 5.07. The zero-order valence-electron chi connectivity index (χ0n) is 20.0. The molecule has 1 aromatic heterocycles. The third-order valence-electron chi connectivity index (χ3n) is 6.94. The molecule has 0 radical (unpaired) electrons. The van der Waals surface area contributed by atoms with Crippen LogP contribution in [0.1, 0.15) is 31.2 Å². The molecule has 0 atom stereocenters. The summed E-state index contributed by atoms with van der Waals surface area (Å²) in [6.45, 7) is 1.65. The van der Waals surface area contributed by atoms with E-state index in [0.717, 1.165) is 58.4 Å². The highest BCUT2D eigenvalue weighted by Gasteiger charge is 2.22. The second kappa shape index (κ2) is 9.85. The third-order valence-corrected chi connectivity index (χ3v) is 6.94. The summed E-state index contributed by atoms with van der Waals surface area (Å²) in [6, 6.07) is 20.6. The Hall–Kier alpha value is -3.38. The van der Waals surface area contributed by atoms with Gasteiger partial charge in [-0.2, -0.15) is 4.98 Å². The number of phenolic OH excluding ortho intramolecular Hbond substituents is 1. The molecule has 6 nitrogen and oxygen atoms in total. The highest BCUT2D eigenvalue weighted by molar-refractivity contribution is 5.90. The summed E-state index contributed by atoms with van der Waals surface area (Å²) in [5, 5.41) is 20.9. The Morgan fingerprint density at radius 1 is 0.882 bits per heavy atom. The number of hydrogen-bond donors (Lipinski definition) is 3. The van der Waals surface area contributed by atoms with Gasteiger partial charge in [-0.1, -0.05) is 42.5 Å². The molecule has 34 heavy (non-hydrogen) atoms. The van der Waals surface area contributed by atoms with E-state index in [2.05, 4.69) is 28.8 Å². The Kier molecular flexibility index (Phi) is 6.50. The third kappa shape index (κ3) is 4.77. The zero-order valence-corrected chi connectivity index (χ0v) is 20.0. The molecule has 0 amide bonds. The van der Waals surface area contributed by atoms with Gasteiger partial charge < -0.3 is 20.6 Å². The Labute approximate surface area is 201 Å². The van der Waals surface area contributed by atoms with Crippen molar-refractivity contribution in [2.24, 2.45) is 5.92 Å². The topological polar surface area (TPSA) is 73.3 Å². The van der Waals surface area contributed by atoms with E-state index in [4.69, 9.17) is 9.97 Å². The van der Waals surface area contributed by atoms with Gasteiger partial charge in [-0.3, -0.25) is 0 Å². The molecule has 1 heterocycles. The molecule has 3 aromatic carbocycles. The molecule has 6 heteroatoms. The lowest BCUT2D eigenvalue weighted by atomic mass is 9.86. The Bertz CT molecular complexity index is 1280. The predicted molar refractivity (Wildman–Crippen MR) is 141 cm³/mol. The number of para-hydroxylation sites is 1. The lowest BCUT2D eigenvalue weighted by Crippen LogP contribution is -2.31. The normalized spacial score (nSPS) is 18.3. The van der Waals surface area contributed by atoms with Crippen molar-refractivity contribution in [3.8, 4) is 5.75 Å². The van der Waals surface area contributed by atoms with Crippen LogP contribution < -0.4 is 15.5 Å². The minimum Gasteiger partial charge on any atom is -0.508 e. The van der Waals surface area contributed by atoms with Gasteiger partial charge in [0.25, 0.3) is 0 Å². The van der Waals surface area contributed by atoms with Gasteiger partial charge in [-0.25, -0.2) is 4.98 Å². The first kappa shape index (κ1) is 22.4. The summed E-state index contributed by atoms with van der Waals surface area (Å²) in [7, 11) is 4.05. The van der Waals surface area contributed by atoms with E-state index in [-0.39, 0.29) is 0 Å². The molecule has 3 N–H and O–H groups in total. The highest BCUT2D eigenvalue weighted by atomic mass is 16.3. The standard InChI is InChI=1S/C28H33N5O/c1-33(2)27-23-9-5-6-10-25(23)31-28(32-27)30-21-14-11-19(12-15-21)17-29-18-24-22-8-4-3-7-20(22)13-16-26(24)34/h3-10,13,16,19,21,29,34H,11-12,14-15,17-18H2,1-2H3,(H,30,31,32). The second-order valence-corrected chi connectivity index (χ2v) is 9.56. The number of hydrogen-bond acceptors (Lipinski definition) is 6. The molecule has 0 saturated heterocycles. The number of phenols is 1. The second-order valence-electron chi connectivity index (χ2n) is 9.56. The van der Waals surface area contributed by atoms with Gasteiger partial charge in [-0.15, -0.1) is 0 Å². The van der Waals surface area contributed by atoms with Gasteiger partial charge in [0.15, 0.2) is 0 Å². The van der Waals surface area contributed by atoms with Crippen molar-refractivity contribution in [2.45, 2.75) is 38.3 Å². The number of nitrogens with one attached hydrogen (secondary N) is 2. The van der Waals surface area contributed by atoms with Crippen molar-refractivity contribution in [1.82, 2.24) is 15.3 Å². The van der Waals surface area contributed by atoms with Crippen LogP contribution in [0.2, 0.25) is 0 Å². The van der Waals surface area contributed by atoms with Gasteiger partial charge in [0, 0.05) is 37.6 Å². The smallest absolute Gasteiger partial charge is 0.225 e. The molecule has 176 valence electrons. The van der Waals surface area contributed by atoms with Gasteiger partial charge in [-0.05, 0) is 67.1 Å². The van der Waals surface area contributed by atoms with Crippen molar-refractivity contribution in [3.05, 3.63) is 66.2 Å². The van der Waals surface area contributed by atoms with Crippen LogP contribution in [-0.4, -0.2) is 41.8 Å². The van der Waals surface area contributed by atoms with Crippen molar-refractivity contribution >= 4 is 33.4 Å². The maximum Gasteiger partial charge on any atom is 0.225 e. The van der Waals surface area contributed by atoms with Crippen LogP contribution in [-0.2, 0) is 6.54 Å². The monoisotopic (exact) mass is 455 g/mol. The van der Waals surface area contributed by atoms with Crippen molar-refractivity contribution in [1.29, 1.82) is 0 Å². The average molecular weight is 456 g/mol. The van der Waals surface area contributed by atoms with E-state index >= 15 is 0 Å². The minimum atomic E-state index is 0.367. The molecular weight excluding hydrogens is 422 g/mol.